The molecule has 0 saturated carbocycles. The molecule has 5 rings (SSSR count). The molecule has 142 valence electrons. The number of H-pyrrole nitrogens is 1. The summed E-state index contributed by atoms with van der Waals surface area (Å²) >= 11 is 6.43. The van der Waals surface area contributed by atoms with Crippen molar-refractivity contribution in [2.45, 2.75) is 6.92 Å². The number of aryl methyl sites for hydroxylation is 1. The summed E-state index contributed by atoms with van der Waals surface area (Å²) < 4.78 is 1.60. The Kier molecular flexibility index (Phi) is 4.18. The Balaban J connectivity index is 1.44. The number of fused-ring (bicyclic) bond motifs is 1. The van der Waals surface area contributed by atoms with Crippen LogP contribution in [0.3, 0.4) is 0 Å². The van der Waals surface area contributed by atoms with Crippen LogP contribution in [-0.4, -0.2) is 34.7 Å². The maximum atomic E-state index is 6.43. The van der Waals surface area contributed by atoms with E-state index in [1.807, 2.05) is 43.3 Å². The lowest BCUT2D eigenvalue weighted by molar-refractivity contribution is 0.846. The number of hydrogen-bond acceptors (Lipinski definition) is 6. The van der Waals surface area contributed by atoms with Crippen LogP contribution in [0.4, 0.5) is 11.4 Å². The van der Waals surface area contributed by atoms with Crippen LogP contribution < -0.4 is 5.32 Å². The van der Waals surface area contributed by atoms with Gasteiger partial charge in [0.25, 0.3) is 0 Å². The summed E-state index contributed by atoms with van der Waals surface area (Å²) in [6, 6.07) is 11.5. The highest BCUT2D eigenvalue weighted by Gasteiger charge is 2.11. The van der Waals surface area contributed by atoms with E-state index in [4.69, 9.17) is 11.6 Å². The Morgan fingerprint density at radius 2 is 1.93 bits per heavy atom. The third-order valence-electron chi connectivity index (χ3n) is 4.39. The van der Waals surface area contributed by atoms with E-state index in [0.29, 0.717) is 22.3 Å². The van der Waals surface area contributed by atoms with Gasteiger partial charge in [-0.05, 0) is 48.9 Å². The van der Waals surface area contributed by atoms with Crippen LogP contribution in [-0.2, 0) is 0 Å². The van der Waals surface area contributed by atoms with E-state index < -0.39 is 0 Å². The molecule has 0 aliphatic carbocycles. The molecule has 0 radical (unpaired) electrons. The minimum absolute atomic E-state index is 0.603. The fourth-order valence-electron chi connectivity index (χ4n) is 3.01. The summed E-state index contributed by atoms with van der Waals surface area (Å²) in [5, 5.41) is 8.01. The predicted molar refractivity (Wildman–Crippen MR) is 112 cm³/mol. The van der Waals surface area contributed by atoms with Crippen LogP contribution >= 0.6 is 11.6 Å². The number of halogens is 1. The molecule has 0 bridgehead atoms. The highest BCUT2D eigenvalue weighted by atomic mass is 35.5. The normalized spacial score (nSPS) is 11.1. The average Bonchev–Trinajstić information content (AvgIpc) is 3.39. The van der Waals surface area contributed by atoms with Gasteiger partial charge in [0.15, 0.2) is 11.5 Å². The Hall–Kier alpha value is -3.78. The first kappa shape index (κ1) is 17.3. The smallest absolute Gasteiger partial charge is 0.178 e. The second-order valence-electron chi connectivity index (χ2n) is 6.53. The highest BCUT2D eigenvalue weighted by Crippen LogP contribution is 2.31. The van der Waals surface area contributed by atoms with Gasteiger partial charge in [0.1, 0.15) is 18.5 Å². The van der Waals surface area contributed by atoms with Crippen LogP contribution in [0.5, 0.6) is 0 Å². The molecule has 0 fully saturated rings. The zero-order valence-corrected chi connectivity index (χ0v) is 16.1. The Bertz CT molecular complexity index is 1290. The number of nitrogens with one attached hydrogen (secondary N) is 2. The van der Waals surface area contributed by atoms with Crippen molar-refractivity contribution in [1.82, 2.24) is 34.7 Å². The van der Waals surface area contributed by atoms with Gasteiger partial charge in [-0.3, -0.25) is 0 Å². The number of nitrogens with zero attached hydrogens (tertiary/aromatic N) is 6. The van der Waals surface area contributed by atoms with Crippen molar-refractivity contribution in [3.63, 3.8) is 0 Å². The Morgan fingerprint density at radius 1 is 1.03 bits per heavy atom. The van der Waals surface area contributed by atoms with Gasteiger partial charge in [0, 0.05) is 17.4 Å². The maximum Gasteiger partial charge on any atom is 0.178 e. The summed E-state index contributed by atoms with van der Waals surface area (Å²) in [4.78, 5) is 20.5. The monoisotopic (exact) mass is 402 g/mol. The van der Waals surface area contributed by atoms with Crippen molar-refractivity contribution in [3.05, 3.63) is 72.0 Å². The van der Waals surface area contributed by atoms with E-state index in [0.717, 1.165) is 28.0 Å². The van der Waals surface area contributed by atoms with Crippen molar-refractivity contribution in [2.24, 2.45) is 0 Å². The van der Waals surface area contributed by atoms with Crippen LogP contribution in [0, 0.1) is 6.92 Å². The predicted octanol–water partition coefficient (Wildman–Crippen LogP) is 4.31. The molecule has 0 amide bonds. The van der Waals surface area contributed by atoms with E-state index >= 15 is 0 Å². The highest BCUT2D eigenvalue weighted by molar-refractivity contribution is 6.33. The van der Waals surface area contributed by atoms with Crippen molar-refractivity contribution in [3.8, 4) is 17.2 Å². The zero-order valence-electron chi connectivity index (χ0n) is 15.3. The van der Waals surface area contributed by atoms with Gasteiger partial charge in [0.05, 0.1) is 22.4 Å². The number of benzene rings is 1. The first-order valence-corrected chi connectivity index (χ1v) is 9.24. The largest absolute Gasteiger partial charge is 0.354 e. The molecule has 0 aliphatic rings. The van der Waals surface area contributed by atoms with Crippen molar-refractivity contribution in [2.75, 3.05) is 5.32 Å². The SMILES string of the molecule is Cc1cnc2nc(-c3cc(Nc4ccc(-n5cncn5)nc4)ccc3Cl)[nH]c2c1. The lowest BCUT2D eigenvalue weighted by atomic mass is 10.2. The molecule has 0 atom stereocenters. The molecular weight excluding hydrogens is 388 g/mol. The Labute approximate surface area is 170 Å². The van der Waals surface area contributed by atoms with Gasteiger partial charge >= 0.3 is 0 Å². The molecule has 29 heavy (non-hydrogen) atoms. The summed E-state index contributed by atoms with van der Waals surface area (Å²) in [6.45, 7) is 1.99. The van der Waals surface area contributed by atoms with E-state index in [-0.39, 0.29) is 0 Å². The number of hydrogen-bond donors (Lipinski definition) is 2. The van der Waals surface area contributed by atoms with Gasteiger partial charge in [-0.15, -0.1) is 0 Å². The molecule has 4 aromatic heterocycles. The molecule has 0 spiro atoms. The van der Waals surface area contributed by atoms with Gasteiger partial charge in [-0.1, -0.05) is 11.6 Å². The molecular formula is C20H15ClN8. The van der Waals surface area contributed by atoms with Crippen LogP contribution in [0.15, 0.2) is 61.4 Å². The number of imidazole rings is 1. The number of pyridine rings is 2. The molecule has 0 saturated heterocycles. The molecule has 9 heteroatoms. The van der Waals surface area contributed by atoms with Gasteiger partial charge < -0.3 is 10.3 Å². The number of aromatic nitrogens is 7. The summed E-state index contributed by atoms with van der Waals surface area (Å²) in [7, 11) is 0. The van der Waals surface area contributed by atoms with Crippen LogP contribution in [0.2, 0.25) is 5.02 Å². The van der Waals surface area contributed by atoms with E-state index in [2.05, 4.69) is 35.3 Å². The number of rotatable bonds is 4. The van der Waals surface area contributed by atoms with Crippen molar-refractivity contribution in [1.29, 1.82) is 0 Å². The molecule has 1 aromatic carbocycles. The minimum Gasteiger partial charge on any atom is -0.354 e. The lowest BCUT2D eigenvalue weighted by Gasteiger charge is -2.09. The molecule has 5 aromatic rings. The van der Waals surface area contributed by atoms with Crippen molar-refractivity contribution < 1.29 is 0 Å². The number of aromatic amines is 1. The second kappa shape index (κ2) is 6.99. The molecule has 4 heterocycles. The fourth-order valence-corrected chi connectivity index (χ4v) is 3.21. The summed E-state index contributed by atoms with van der Waals surface area (Å²) in [5.74, 6) is 1.36. The topological polar surface area (TPSA) is 97.2 Å². The standard InChI is InChI=1S/C20H15ClN8/c1-12-6-17-20(24-8-12)28-19(27-17)15-7-13(2-4-16(15)21)26-14-3-5-18(23-9-14)29-11-22-10-25-29/h2-11,26H,1H3,(H,24,27,28). The first-order valence-electron chi connectivity index (χ1n) is 8.86. The van der Waals surface area contributed by atoms with Gasteiger partial charge in [0.2, 0.25) is 0 Å². The third kappa shape index (κ3) is 3.41. The van der Waals surface area contributed by atoms with Crippen LogP contribution in [0.25, 0.3) is 28.4 Å². The minimum atomic E-state index is 0.603. The summed E-state index contributed by atoms with van der Waals surface area (Å²) in [5.41, 5.74) is 5.10. The van der Waals surface area contributed by atoms with Gasteiger partial charge in [-0.2, -0.15) is 5.10 Å². The summed E-state index contributed by atoms with van der Waals surface area (Å²) in [6.07, 6.45) is 6.60. The van der Waals surface area contributed by atoms with E-state index in [1.165, 1.54) is 6.33 Å². The Morgan fingerprint density at radius 3 is 2.72 bits per heavy atom. The zero-order chi connectivity index (χ0) is 19.8. The van der Waals surface area contributed by atoms with Crippen molar-refractivity contribution >= 4 is 34.1 Å². The van der Waals surface area contributed by atoms with Gasteiger partial charge in [-0.25, -0.2) is 24.6 Å². The van der Waals surface area contributed by atoms with E-state index in [9.17, 15) is 0 Å². The van der Waals surface area contributed by atoms with E-state index in [1.54, 1.807) is 23.4 Å². The quantitative estimate of drug-likeness (QED) is 0.465. The first-order chi connectivity index (χ1) is 14.2. The molecule has 0 aliphatic heterocycles. The fraction of sp³-hybridized carbons (Fsp3) is 0.0500. The molecule has 0 unspecified atom stereocenters. The lowest BCUT2D eigenvalue weighted by Crippen LogP contribution is -1.99. The average molecular weight is 403 g/mol. The third-order valence-corrected chi connectivity index (χ3v) is 4.72. The maximum absolute atomic E-state index is 6.43. The number of anilines is 2. The van der Waals surface area contributed by atoms with Crippen LogP contribution in [0.1, 0.15) is 5.56 Å². The molecule has 2 N–H and O–H groups in total. The molecule has 8 nitrogen and oxygen atoms in total. The second-order valence-corrected chi connectivity index (χ2v) is 6.94.